The lowest BCUT2D eigenvalue weighted by Gasteiger charge is -2.34. The molecule has 0 bridgehead atoms. The van der Waals surface area contributed by atoms with Crippen LogP contribution in [-0.4, -0.2) is 54.0 Å². The number of hydrogen-bond donors (Lipinski definition) is 1. The lowest BCUT2D eigenvalue weighted by molar-refractivity contribution is -0.136. The van der Waals surface area contributed by atoms with Crippen molar-refractivity contribution in [3.05, 3.63) is 30.1 Å². The zero-order chi connectivity index (χ0) is 16.1. The van der Waals surface area contributed by atoms with Crippen LogP contribution in [0.1, 0.15) is 36.0 Å². The van der Waals surface area contributed by atoms with Gasteiger partial charge in [-0.1, -0.05) is 0 Å². The summed E-state index contributed by atoms with van der Waals surface area (Å²) in [6.07, 6.45) is 6.95. The SMILES string of the molecule is O=C(NCCN(C(=O)C1CC1)C1CCOCC1)c1cccnc1. The molecule has 6 heteroatoms. The van der Waals surface area contributed by atoms with Crippen LogP contribution >= 0.6 is 0 Å². The Balaban J connectivity index is 1.53. The van der Waals surface area contributed by atoms with Gasteiger partial charge in [0, 0.05) is 50.7 Å². The molecule has 2 fully saturated rings. The van der Waals surface area contributed by atoms with Crippen LogP contribution in [0, 0.1) is 5.92 Å². The molecular weight excluding hydrogens is 294 g/mol. The molecule has 23 heavy (non-hydrogen) atoms. The lowest BCUT2D eigenvalue weighted by Crippen LogP contribution is -2.47. The first kappa shape index (κ1) is 15.9. The summed E-state index contributed by atoms with van der Waals surface area (Å²) in [5, 5.41) is 2.88. The van der Waals surface area contributed by atoms with Gasteiger partial charge in [-0.25, -0.2) is 0 Å². The summed E-state index contributed by atoms with van der Waals surface area (Å²) >= 11 is 0. The molecule has 1 N–H and O–H groups in total. The van der Waals surface area contributed by atoms with Crippen LogP contribution in [0.4, 0.5) is 0 Å². The van der Waals surface area contributed by atoms with Crippen LogP contribution in [0.3, 0.4) is 0 Å². The molecule has 2 aliphatic rings. The fraction of sp³-hybridized carbons (Fsp3) is 0.588. The quantitative estimate of drug-likeness (QED) is 0.856. The van der Waals surface area contributed by atoms with E-state index >= 15 is 0 Å². The first-order valence-corrected chi connectivity index (χ1v) is 8.32. The maximum absolute atomic E-state index is 12.5. The molecule has 124 valence electrons. The van der Waals surface area contributed by atoms with E-state index in [0.717, 1.165) is 25.7 Å². The third-order valence-electron chi connectivity index (χ3n) is 4.40. The van der Waals surface area contributed by atoms with Crippen LogP contribution < -0.4 is 5.32 Å². The largest absolute Gasteiger partial charge is 0.381 e. The second kappa shape index (κ2) is 7.55. The highest BCUT2D eigenvalue weighted by Gasteiger charge is 2.36. The molecule has 0 aromatic carbocycles. The summed E-state index contributed by atoms with van der Waals surface area (Å²) in [5.41, 5.74) is 0.540. The first-order valence-electron chi connectivity index (χ1n) is 8.32. The van der Waals surface area contributed by atoms with E-state index in [2.05, 4.69) is 10.3 Å². The maximum atomic E-state index is 12.5. The fourth-order valence-corrected chi connectivity index (χ4v) is 2.92. The minimum Gasteiger partial charge on any atom is -0.381 e. The molecule has 1 aromatic rings. The molecule has 6 nitrogen and oxygen atoms in total. The van der Waals surface area contributed by atoms with Gasteiger partial charge in [0.1, 0.15) is 0 Å². The van der Waals surface area contributed by atoms with Crippen molar-refractivity contribution in [1.29, 1.82) is 0 Å². The number of nitrogens with one attached hydrogen (secondary N) is 1. The Morgan fingerprint density at radius 3 is 2.70 bits per heavy atom. The second-order valence-electron chi connectivity index (χ2n) is 6.15. The smallest absolute Gasteiger partial charge is 0.252 e. The van der Waals surface area contributed by atoms with Crippen molar-refractivity contribution in [1.82, 2.24) is 15.2 Å². The highest BCUT2D eigenvalue weighted by atomic mass is 16.5. The predicted octanol–water partition coefficient (Wildman–Crippen LogP) is 1.23. The fourth-order valence-electron chi connectivity index (χ4n) is 2.92. The number of aromatic nitrogens is 1. The van der Waals surface area contributed by atoms with Gasteiger partial charge in [-0.05, 0) is 37.8 Å². The number of carbonyl (C=O) groups is 2. The number of pyridine rings is 1. The van der Waals surface area contributed by atoms with Crippen molar-refractivity contribution < 1.29 is 14.3 Å². The number of hydrogen-bond acceptors (Lipinski definition) is 4. The maximum Gasteiger partial charge on any atom is 0.252 e. The molecule has 0 spiro atoms. The third kappa shape index (κ3) is 4.28. The Hall–Kier alpha value is -1.95. The molecule has 2 heterocycles. The number of nitrogens with zero attached hydrogens (tertiary/aromatic N) is 2. The van der Waals surface area contributed by atoms with Gasteiger partial charge >= 0.3 is 0 Å². The van der Waals surface area contributed by atoms with E-state index in [-0.39, 0.29) is 23.8 Å². The van der Waals surface area contributed by atoms with E-state index in [0.29, 0.717) is 31.9 Å². The van der Waals surface area contributed by atoms with Crippen molar-refractivity contribution in [2.45, 2.75) is 31.7 Å². The monoisotopic (exact) mass is 317 g/mol. The predicted molar refractivity (Wildman–Crippen MR) is 84.8 cm³/mol. The van der Waals surface area contributed by atoms with E-state index < -0.39 is 0 Å². The highest BCUT2D eigenvalue weighted by molar-refractivity contribution is 5.93. The van der Waals surface area contributed by atoms with Crippen LogP contribution in [0.25, 0.3) is 0 Å². The van der Waals surface area contributed by atoms with Gasteiger partial charge < -0.3 is 15.0 Å². The number of ether oxygens (including phenoxy) is 1. The van der Waals surface area contributed by atoms with Gasteiger partial charge in [-0.3, -0.25) is 14.6 Å². The van der Waals surface area contributed by atoms with Crippen LogP contribution in [0.2, 0.25) is 0 Å². The second-order valence-corrected chi connectivity index (χ2v) is 6.15. The summed E-state index contributed by atoms with van der Waals surface area (Å²) < 4.78 is 5.39. The summed E-state index contributed by atoms with van der Waals surface area (Å²) in [5.74, 6) is 0.295. The molecule has 1 aliphatic carbocycles. The summed E-state index contributed by atoms with van der Waals surface area (Å²) in [6.45, 7) is 2.44. The molecule has 1 aliphatic heterocycles. The van der Waals surface area contributed by atoms with Crippen molar-refractivity contribution in [2.75, 3.05) is 26.3 Å². The number of rotatable bonds is 6. The molecular formula is C17H23N3O3. The third-order valence-corrected chi connectivity index (χ3v) is 4.40. The zero-order valence-electron chi connectivity index (χ0n) is 13.2. The number of carbonyl (C=O) groups excluding carboxylic acids is 2. The van der Waals surface area contributed by atoms with Gasteiger partial charge in [-0.15, -0.1) is 0 Å². The van der Waals surface area contributed by atoms with E-state index in [1.807, 2.05) is 4.90 Å². The Labute approximate surface area is 136 Å². The van der Waals surface area contributed by atoms with E-state index in [1.165, 1.54) is 0 Å². The summed E-state index contributed by atoms with van der Waals surface area (Å²) in [7, 11) is 0. The summed E-state index contributed by atoms with van der Waals surface area (Å²) in [6, 6.07) is 3.71. The molecule has 0 atom stereocenters. The molecule has 1 aromatic heterocycles. The Bertz CT molecular complexity index is 539. The Morgan fingerprint density at radius 1 is 1.26 bits per heavy atom. The van der Waals surface area contributed by atoms with Gasteiger partial charge in [0.2, 0.25) is 5.91 Å². The molecule has 2 amide bonds. The van der Waals surface area contributed by atoms with Crippen LogP contribution in [-0.2, 0) is 9.53 Å². The van der Waals surface area contributed by atoms with Crippen LogP contribution in [0.5, 0.6) is 0 Å². The van der Waals surface area contributed by atoms with Gasteiger partial charge in [-0.2, -0.15) is 0 Å². The average molecular weight is 317 g/mol. The van der Waals surface area contributed by atoms with Crippen LogP contribution in [0.15, 0.2) is 24.5 Å². The molecule has 1 saturated carbocycles. The van der Waals surface area contributed by atoms with Crippen molar-refractivity contribution >= 4 is 11.8 Å². The minimum absolute atomic E-state index is 0.149. The van der Waals surface area contributed by atoms with Gasteiger partial charge in [0.05, 0.1) is 5.56 Å². The topological polar surface area (TPSA) is 71.5 Å². The molecule has 0 radical (unpaired) electrons. The van der Waals surface area contributed by atoms with Gasteiger partial charge in [0.25, 0.3) is 5.91 Å². The number of amides is 2. The molecule has 0 unspecified atom stereocenters. The average Bonchev–Trinajstić information content (AvgIpc) is 3.45. The van der Waals surface area contributed by atoms with Gasteiger partial charge in [0.15, 0.2) is 0 Å². The highest BCUT2D eigenvalue weighted by Crippen LogP contribution is 2.32. The van der Waals surface area contributed by atoms with E-state index in [4.69, 9.17) is 4.74 Å². The molecule has 1 saturated heterocycles. The zero-order valence-corrected chi connectivity index (χ0v) is 13.2. The first-order chi connectivity index (χ1) is 11.3. The summed E-state index contributed by atoms with van der Waals surface area (Å²) in [4.78, 5) is 30.5. The van der Waals surface area contributed by atoms with Crippen molar-refractivity contribution in [3.63, 3.8) is 0 Å². The van der Waals surface area contributed by atoms with E-state index in [1.54, 1.807) is 24.5 Å². The Kier molecular flexibility index (Phi) is 5.23. The molecule has 3 rings (SSSR count). The normalized spacial score (nSPS) is 18.4. The van der Waals surface area contributed by atoms with Crippen molar-refractivity contribution in [2.24, 2.45) is 5.92 Å². The standard InChI is InChI=1S/C17H23N3O3/c21-16(14-2-1-7-18-12-14)19-8-9-20(17(22)13-3-4-13)15-5-10-23-11-6-15/h1-2,7,12-13,15H,3-6,8-11H2,(H,19,21). The minimum atomic E-state index is -0.149. The van der Waals surface area contributed by atoms with E-state index in [9.17, 15) is 9.59 Å². The Morgan fingerprint density at radius 2 is 2.04 bits per heavy atom. The lowest BCUT2D eigenvalue weighted by atomic mass is 10.1. The van der Waals surface area contributed by atoms with Crippen molar-refractivity contribution in [3.8, 4) is 0 Å².